The fourth-order valence-electron chi connectivity index (χ4n) is 3.21. The SMILES string of the molecule is O=C(CCC(=O)N1CCC(c2ccccc2)=N1)OCC(=O)c1ccc(OC(F)F)cc1OC(F)F. The number of halogens is 4. The maximum atomic E-state index is 12.6. The summed E-state index contributed by atoms with van der Waals surface area (Å²) in [7, 11) is 0. The van der Waals surface area contributed by atoms with E-state index >= 15 is 0 Å². The van der Waals surface area contributed by atoms with E-state index in [0.29, 0.717) is 19.0 Å². The number of amides is 1. The Labute approximate surface area is 197 Å². The van der Waals surface area contributed by atoms with E-state index in [1.807, 2.05) is 30.3 Å². The van der Waals surface area contributed by atoms with Crippen LogP contribution in [0.5, 0.6) is 11.5 Å². The lowest BCUT2D eigenvalue weighted by Gasteiger charge is -2.13. The number of hydrazone groups is 1. The van der Waals surface area contributed by atoms with Crippen molar-refractivity contribution in [3.8, 4) is 11.5 Å². The molecule has 0 aromatic heterocycles. The minimum Gasteiger partial charge on any atom is -0.457 e. The van der Waals surface area contributed by atoms with Gasteiger partial charge in [-0.15, -0.1) is 0 Å². The molecule has 0 atom stereocenters. The molecule has 1 heterocycles. The molecule has 1 aliphatic rings. The van der Waals surface area contributed by atoms with Crippen LogP contribution in [0.15, 0.2) is 53.6 Å². The number of carbonyl (C=O) groups excluding carboxylic acids is 3. The zero-order valence-corrected chi connectivity index (χ0v) is 18.2. The van der Waals surface area contributed by atoms with Gasteiger partial charge in [0.25, 0.3) is 0 Å². The molecule has 186 valence electrons. The van der Waals surface area contributed by atoms with Crippen molar-refractivity contribution in [2.75, 3.05) is 13.2 Å². The summed E-state index contributed by atoms with van der Waals surface area (Å²) in [5, 5.41) is 5.53. The predicted octanol–water partition coefficient (Wildman–Crippen LogP) is 4.03. The van der Waals surface area contributed by atoms with E-state index in [9.17, 15) is 31.9 Å². The van der Waals surface area contributed by atoms with E-state index in [4.69, 9.17) is 4.74 Å². The molecule has 0 fully saturated rings. The van der Waals surface area contributed by atoms with Gasteiger partial charge in [0.1, 0.15) is 11.5 Å². The molecule has 0 unspecified atom stereocenters. The lowest BCUT2D eigenvalue weighted by molar-refractivity contribution is -0.145. The second kappa shape index (κ2) is 12.0. The van der Waals surface area contributed by atoms with Crippen molar-refractivity contribution in [2.24, 2.45) is 5.10 Å². The Bertz CT molecular complexity index is 1090. The summed E-state index contributed by atoms with van der Waals surface area (Å²) >= 11 is 0. The number of ketones is 1. The molecular weight excluding hydrogens is 476 g/mol. The zero-order chi connectivity index (χ0) is 25.4. The maximum absolute atomic E-state index is 12.6. The average Bonchev–Trinajstić information content (AvgIpc) is 3.31. The van der Waals surface area contributed by atoms with Crippen LogP contribution in [0.4, 0.5) is 17.6 Å². The van der Waals surface area contributed by atoms with Gasteiger partial charge >= 0.3 is 19.2 Å². The van der Waals surface area contributed by atoms with Crippen LogP contribution in [0.3, 0.4) is 0 Å². The first-order valence-corrected chi connectivity index (χ1v) is 10.4. The van der Waals surface area contributed by atoms with Crippen LogP contribution >= 0.6 is 0 Å². The van der Waals surface area contributed by atoms with Crippen LogP contribution in [0.2, 0.25) is 0 Å². The fourth-order valence-corrected chi connectivity index (χ4v) is 3.21. The number of ether oxygens (including phenoxy) is 3. The summed E-state index contributed by atoms with van der Waals surface area (Å²) in [6, 6.07) is 11.9. The van der Waals surface area contributed by atoms with Crippen molar-refractivity contribution in [1.82, 2.24) is 5.01 Å². The number of hydrogen-bond acceptors (Lipinski definition) is 7. The van der Waals surface area contributed by atoms with Gasteiger partial charge in [0.2, 0.25) is 11.7 Å². The summed E-state index contributed by atoms with van der Waals surface area (Å²) < 4.78 is 63.1. The van der Waals surface area contributed by atoms with Crippen molar-refractivity contribution >= 4 is 23.4 Å². The largest absolute Gasteiger partial charge is 0.457 e. The first-order chi connectivity index (χ1) is 16.7. The van der Waals surface area contributed by atoms with Gasteiger partial charge in [-0.2, -0.15) is 22.7 Å². The smallest absolute Gasteiger partial charge is 0.387 e. The van der Waals surface area contributed by atoms with Gasteiger partial charge in [-0.1, -0.05) is 30.3 Å². The first-order valence-electron chi connectivity index (χ1n) is 10.4. The molecule has 0 bridgehead atoms. The van der Waals surface area contributed by atoms with Crippen LogP contribution in [-0.2, 0) is 14.3 Å². The second-order valence-electron chi connectivity index (χ2n) is 7.18. The van der Waals surface area contributed by atoms with Gasteiger partial charge < -0.3 is 14.2 Å². The Morgan fingerprint density at radius 1 is 0.943 bits per heavy atom. The van der Waals surface area contributed by atoms with Crippen LogP contribution in [0.1, 0.15) is 35.2 Å². The highest BCUT2D eigenvalue weighted by atomic mass is 19.3. The molecule has 1 aliphatic heterocycles. The highest BCUT2D eigenvalue weighted by Crippen LogP contribution is 2.28. The van der Waals surface area contributed by atoms with Gasteiger partial charge in [-0.05, 0) is 17.7 Å². The molecule has 2 aromatic rings. The summed E-state index contributed by atoms with van der Waals surface area (Å²) in [4.78, 5) is 36.6. The zero-order valence-electron chi connectivity index (χ0n) is 18.2. The van der Waals surface area contributed by atoms with Crippen molar-refractivity contribution in [3.63, 3.8) is 0 Å². The number of nitrogens with zero attached hydrogens (tertiary/aromatic N) is 2. The molecule has 8 nitrogen and oxygen atoms in total. The molecule has 0 N–H and O–H groups in total. The molecule has 0 saturated carbocycles. The molecule has 2 aromatic carbocycles. The Kier molecular flexibility index (Phi) is 8.76. The predicted molar refractivity (Wildman–Crippen MR) is 114 cm³/mol. The third-order valence-corrected chi connectivity index (χ3v) is 4.80. The van der Waals surface area contributed by atoms with E-state index in [2.05, 4.69) is 14.6 Å². The lowest BCUT2D eigenvalue weighted by Crippen LogP contribution is -2.24. The molecule has 35 heavy (non-hydrogen) atoms. The maximum Gasteiger partial charge on any atom is 0.387 e. The Hall–Kier alpha value is -3.96. The van der Waals surface area contributed by atoms with Gasteiger partial charge in [0.05, 0.1) is 24.2 Å². The lowest BCUT2D eigenvalue weighted by atomic mass is 10.1. The summed E-state index contributed by atoms with van der Waals surface area (Å²) in [5.41, 5.74) is 1.22. The number of Topliss-reactive ketones (excluding diaryl/α,β-unsaturated/α-hetero) is 1. The average molecular weight is 496 g/mol. The van der Waals surface area contributed by atoms with Crippen LogP contribution < -0.4 is 9.47 Å². The van der Waals surface area contributed by atoms with Crippen molar-refractivity contribution in [2.45, 2.75) is 32.5 Å². The highest BCUT2D eigenvalue weighted by molar-refractivity contribution is 6.03. The number of carbonyl (C=O) groups is 3. The Morgan fingerprint density at radius 3 is 2.34 bits per heavy atom. The standard InChI is InChI=1S/C23H20F4N2O6/c24-22(25)34-15-6-7-16(19(12-15)35-23(26)27)18(30)13-33-21(32)9-8-20(31)29-11-10-17(28-29)14-4-2-1-3-5-14/h1-7,12,22-23H,8-11,13H2. The summed E-state index contributed by atoms with van der Waals surface area (Å²) in [6.07, 6.45) is 0.0250. The van der Waals surface area contributed by atoms with E-state index in [-0.39, 0.29) is 12.8 Å². The topological polar surface area (TPSA) is 94.5 Å². The summed E-state index contributed by atoms with van der Waals surface area (Å²) in [6.45, 7) is -7.01. The molecule has 1 amide bonds. The monoisotopic (exact) mass is 496 g/mol. The van der Waals surface area contributed by atoms with Crippen molar-refractivity contribution in [3.05, 3.63) is 59.7 Å². The minimum absolute atomic E-state index is 0.210. The number of rotatable bonds is 11. The fraction of sp³-hybridized carbons (Fsp3) is 0.304. The van der Waals surface area contributed by atoms with Crippen LogP contribution in [0, 0.1) is 0 Å². The van der Waals surface area contributed by atoms with Gasteiger partial charge in [-0.25, -0.2) is 5.01 Å². The van der Waals surface area contributed by atoms with Crippen LogP contribution in [-0.4, -0.2) is 54.8 Å². The Balaban J connectivity index is 1.51. The van der Waals surface area contributed by atoms with Crippen molar-refractivity contribution in [1.29, 1.82) is 0 Å². The van der Waals surface area contributed by atoms with Gasteiger partial charge in [-0.3, -0.25) is 14.4 Å². The molecule has 3 rings (SSSR count). The number of hydrogen-bond donors (Lipinski definition) is 0. The number of benzene rings is 2. The molecule has 0 spiro atoms. The number of alkyl halides is 4. The van der Waals surface area contributed by atoms with E-state index in [0.717, 1.165) is 23.4 Å². The van der Waals surface area contributed by atoms with E-state index in [1.165, 1.54) is 5.01 Å². The first kappa shape index (κ1) is 25.7. The molecule has 0 radical (unpaired) electrons. The third-order valence-electron chi connectivity index (χ3n) is 4.80. The number of esters is 1. The molecule has 0 aliphatic carbocycles. The highest BCUT2D eigenvalue weighted by Gasteiger charge is 2.23. The van der Waals surface area contributed by atoms with E-state index < -0.39 is 54.6 Å². The second-order valence-corrected chi connectivity index (χ2v) is 7.18. The van der Waals surface area contributed by atoms with Gasteiger partial charge in [0, 0.05) is 18.9 Å². The minimum atomic E-state index is -3.34. The van der Waals surface area contributed by atoms with Crippen LogP contribution in [0.25, 0.3) is 0 Å². The third kappa shape index (κ3) is 7.52. The summed E-state index contributed by atoms with van der Waals surface area (Å²) in [5.74, 6) is -3.40. The molecular formula is C23H20F4N2O6. The van der Waals surface area contributed by atoms with E-state index in [1.54, 1.807) is 0 Å². The van der Waals surface area contributed by atoms with Crippen molar-refractivity contribution < 1.29 is 46.2 Å². The molecule has 12 heteroatoms. The quantitative estimate of drug-likeness (QED) is 0.265. The Morgan fingerprint density at radius 2 is 1.66 bits per heavy atom. The molecule has 0 saturated heterocycles. The normalized spacial score (nSPS) is 13.1. The van der Waals surface area contributed by atoms with Gasteiger partial charge in [0.15, 0.2) is 6.61 Å².